The Labute approximate surface area is 219 Å². The number of carbonyl (C=O) groups is 1. The van der Waals surface area contributed by atoms with E-state index in [0.29, 0.717) is 36.7 Å². The zero-order chi connectivity index (χ0) is 26.5. The van der Waals surface area contributed by atoms with Crippen molar-refractivity contribution in [3.63, 3.8) is 0 Å². The van der Waals surface area contributed by atoms with Crippen LogP contribution in [0.1, 0.15) is 31.4 Å². The van der Waals surface area contributed by atoms with Gasteiger partial charge in [-0.3, -0.25) is 4.79 Å². The van der Waals surface area contributed by atoms with Crippen molar-refractivity contribution in [1.29, 1.82) is 0 Å². The van der Waals surface area contributed by atoms with E-state index < -0.39 is 15.9 Å². The summed E-state index contributed by atoms with van der Waals surface area (Å²) in [5, 5.41) is 4.02. The number of ether oxygens (including phenoxy) is 2. The van der Waals surface area contributed by atoms with E-state index in [0.717, 1.165) is 12.0 Å². The first kappa shape index (κ1) is 27.9. The maximum atomic E-state index is 13.3. The number of rotatable bonds is 14. The Morgan fingerprint density at radius 1 is 0.946 bits per heavy atom. The second-order valence-corrected chi connectivity index (χ2v) is 10.1. The summed E-state index contributed by atoms with van der Waals surface area (Å²) < 4.78 is 39.1. The number of hydrogen-bond acceptors (Lipinski definition) is 6. The fourth-order valence-electron chi connectivity index (χ4n) is 3.50. The van der Waals surface area contributed by atoms with Gasteiger partial charge >= 0.3 is 0 Å². The Balaban J connectivity index is 1.69. The third kappa shape index (κ3) is 8.44. The highest BCUT2D eigenvalue weighted by Crippen LogP contribution is 2.28. The van der Waals surface area contributed by atoms with Crippen LogP contribution >= 0.6 is 0 Å². The minimum atomic E-state index is -3.88. The number of hydrogen-bond donors (Lipinski definition) is 1. The Morgan fingerprint density at radius 2 is 1.65 bits per heavy atom. The van der Waals surface area contributed by atoms with Crippen LogP contribution in [0.4, 0.5) is 0 Å². The molecule has 0 aliphatic carbocycles. The predicted molar refractivity (Wildman–Crippen MR) is 144 cm³/mol. The highest BCUT2D eigenvalue weighted by atomic mass is 32.2. The van der Waals surface area contributed by atoms with Crippen LogP contribution in [0.2, 0.25) is 0 Å². The van der Waals surface area contributed by atoms with Gasteiger partial charge < -0.3 is 9.47 Å². The number of benzene rings is 3. The second kappa shape index (κ2) is 14.2. The molecular formula is C28H33N3O5S. The van der Waals surface area contributed by atoms with E-state index in [2.05, 4.69) is 10.5 Å². The van der Waals surface area contributed by atoms with E-state index in [1.807, 2.05) is 44.2 Å². The Bertz CT molecular complexity index is 1270. The normalized spacial score (nSPS) is 11.5. The van der Waals surface area contributed by atoms with E-state index >= 15 is 0 Å². The molecule has 3 aromatic rings. The van der Waals surface area contributed by atoms with Gasteiger partial charge in [-0.25, -0.2) is 13.8 Å². The summed E-state index contributed by atoms with van der Waals surface area (Å²) in [6, 6.07) is 23.0. The van der Waals surface area contributed by atoms with Gasteiger partial charge in [-0.1, -0.05) is 55.5 Å². The third-order valence-electron chi connectivity index (χ3n) is 5.33. The lowest BCUT2D eigenvalue weighted by Gasteiger charge is -2.21. The molecule has 3 aromatic carbocycles. The molecule has 196 valence electrons. The molecule has 8 nitrogen and oxygen atoms in total. The first-order valence-corrected chi connectivity index (χ1v) is 13.7. The Hall–Kier alpha value is -3.69. The van der Waals surface area contributed by atoms with Crippen LogP contribution in [-0.4, -0.2) is 51.1 Å². The monoisotopic (exact) mass is 523 g/mol. The van der Waals surface area contributed by atoms with Crippen molar-refractivity contribution in [2.45, 2.75) is 31.6 Å². The van der Waals surface area contributed by atoms with Crippen molar-refractivity contribution < 1.29 is 22.7 Å². The summed E-state index contributed by atoms with van der Waals surface area (Å²) in [6.07, 6.45) is 2.82. The molecule has 0 spiro atoms. The van der Waals surface area contributed by atoms with E-state index in [1.165, 1.54) is 22.7 Å². The fraction of sp³-hybridized carbons (Fsp3) is 0.286. The lowest BCUT2D eigenvalue weighted by atomic mass is 10.1. The Kier molecular flexibility index (Phi) is 10.7. The molecule has 37 heavy (non-hydrogen) atoms. The van der Waals surface area contributed by atoms with Crippen LogP contribution in [0.5, 0.6) is 11.5 Å². The number of amides is 1. The average Bonchev–Trinajstić information content (AvgIpc) is 2.91. The van der Waals surface area contributed by atoms with Crippen molar-refractivity contribution in [2.75, 3.05) is 26.3 Å². The van der Waals surface area contributed by atoms with Gasteiger partial charge in [0, 0.05) is 6.54 Å². The quantitative estimate of drug-likeness (QED) is 0.252. The van der Waals surface area contributed by atoms with Gasteiger partial charge in [0.25, 0.3) is 5.91 Å². The molecule has 1 amide bonds. The molecule has 0 unspecified atom stereocenters. The third-order valence-corrected chi connectivity index (χ3v) is 7.19. The molecule has 0 bridgehead atoms. The van der Waals surface area contributed by atoms with Crippen molar-refractivity contribution >= 4 is 22.1 Å². The molecule has 0 saturated heterocycles. The first-order chi connectivity index (χ1) is 17.9. The smallest absolute Gasteiger partial charge is 0.255 e. The largest absolute Gasteiger partial charge is 0.490 e. The van der Waals surface area contributed by atoms with Gasteiger partial charge in [0.1, 0.15) is 0 Å². The van der Waals surface area contributed by atoms with Gasteiger partial charge in [0.05, 0.1) is 30.9 Å². The van der Waals surface area contributed by atoms with Crippen LogP contribution < -0.4 is 14.9 Å². The molecule has 0 radical (unpaired) electrons. The summed E-state index contributed by atoms with van der Waals surface area (Å²) in [6.45, 7) is 4.75. The molecule has 0 fully saturated rings. The van der Waals surface area contributed by atoms with Crippen LogP contribution in [0.25, 0.3) is 0 Å². The molecule has 0 aromatic heterocycles. The minimum absolute atomic E-state index is 0.133. The van der Waals surface area contributed by atoms with Crippen LogP contribution in [0, 0.1) is 0 Å². The average molecular weight is 524 g/mol. The van der Waals surface area contributed by atoms with Gasteiger partial charge in [-0.05, 0) is 61.2 Å². The second-order valence-electron chi connectivity index (χ2n) is 8.17. The molecule has 0 atom stereocenters. The van der Waals surface area contributed by atoms with E-state index in [9.17, 15) is 13.2 Å². The molecule has 9 heteroatoms. The molecule has 0 aliphatic rings. The highest BCUT2D eigenvalue weighted by molar-refractivity contribution is 7.89. The van der Waals surface area contributed by atoms with Crippen molar-refractivity contribution in [3.05, 3.63) is 90.0 Å². The van der Waals surface area contributed by atoms with Crippen molar-refractivity contribution in [2.24, 2.45) is 5.10 Å². The molecule has 3 rings (SSSR count). The maximum absolute atomic E-state index is 13.3. The molecule has 0 aliphatic heterocycles. The van der Waals surface area contributed by atoms with Crippen molar-refractivity contribution in [1.82, 2.24) is 9.73 Å². The SMILES string of the molecule is CCCOc1ccc(/C=N/NC(=O)CN(CCc2ccccc2)S(=O)(=O)c2ccccc2)cc1OCC. The highest BCUT2D eigenvalue weighted by Gasteiger charge is 2.26. The number of nitrogens with zero attached hydrogens (tertiary/aromatic N) is 2. The number of nitrogens with one attached hydrogen (secondary N) is 1. The number of sulfonamides is 1. The van der Waals surface area contributed by atoms with E-state index in [1.54, 1.807) is 36.4 Å². The van der Waals surface area contributed by atoms with Crippen LogP contribution in [-0.2, 0) is 21.2 Å². The zero-order valence-corrected chi connectivity index (χ0v) is 22.0. The topological polar surface area (TPSA) is 97.3 Å². The lowest BCUT2D eigenvalue weighted by molar-refractivity contribution is -0.121. The van der Waals surface area contributed by atoms with E-state index in [-0.39, 0.29) is 18.0 Å². The standard InChI is InChI=1S/C28H33N3O5S/c1-3-19-36-26-16-15-24(20-27(26)35-4-2)21-29-30-28(32)22-31(18-17-23-11-7-5-8-12-23)37(33,34)25-13-9-6-10-14-25/h5-16,20-21H,3-4,17-19,22H2,1-2H3,(H,30,32)/b29-21+. The minimum Gasteiger partial charge on any atom is -0.490 e. The Morgan fingerprint density at radius 3 is 2.32 bits per heavy atom. The number of carbonyl (C=O) groups excluding carboxylic acids is 1. The molecule has 1 N–H and O–H groups in total. The fourth-order valence-corrected chi connectivity index (χ4v) is 4.92. The summed E-state index contributed by atoms with van der Waals surface area (Å²) >= 11 is 0. The van der Waals surface area contributed by atoms with Crippen LogP contribution in [0.15, 0.2) is 88.9 Å². The predicted octanol–water partition coefficient (Wildman–Crippen LogP) is 4.26. The molecule has 0 heterocycles. The molecule has 0 saturated carbocycles. The van der Waals surface area contributed by atoms with Crippen LogP contribution in [0.3, 0.4) is 0 Å². The summed E-state index contributed by atoms with van der Waals surface area (Å²) in [5.74, 6) is 0.689. The van der Waals surface area contributed by atoms with Gasteiger partial charge in [-0.2, -0.15) is 9.41 Å². The number of hydrazone groups is 1. The lowest BCUT2D eigenvalue weighted by Crippen LogP contribution is -2.40. The van der Waals surface area contributed by atoms with Gasteiger partial charge in [0.15, 0.2) is 11.5 Å². The first-order valence-electron chi connectivity index (χ1n) is 12.2. The molecular weight excluding hydrogens is 490 g/mol. The van der Waals surface area contributed by atoms with Gasteiger partial charge in [0.2, 0.25) is 10.0 Å². The maximum Gasteiger partial charge on any atom is 0.255 e. The summed E-state index contributed by atoms with van der Waals surface area (Å²) in [7, 11) is -3.88. The van der Waals surface area contributed by atoms with Crippen molar-refractivity contribution in [3.8, 4) is 11.5 Å². The van der Waals surface area contributed by atoms with Gasteiger partial charge in [-0.15, -0.1) is 0 Å². The van der Waals surface area contributed by atoms with E-state index in [4.69, 9.17) is 9.47 Å². The summed E-state index contributed by atoms with van der Waals surface area (Å²) in [4.78, 5) is 12.8. The summed E-state index contributed by atoms with van der Waals surface area (Å²) in [5.41, 5.74) is 4.11. The zero-order valence-electron chi connectivity index (χ0n) is 21.2.